The Balaban J connectivity index is 2.60. The van der Waals surface area contributed by atoms with Crippen LogP contribution in [0.25, 0.3) is 0 Å². The third-order valence-corrected chi connectivity index (χ3v) is 4.99. The SMILES string of the molecule is CCOC(=O)CCS(=O)(=O)N1CCCC1CC(C)=O. The maximum Gasteiger partial charge on any atom is 0.306 e. The number of hydrogen-bond donors (Lipinski definition) is 0. The fraction of sp³-hybridized carbons (Fsp3) is 0.833. The molecule has 0 radical (unpaired) electrons. The van der Waals surface area contributed by atoms with Crippen LogP contribution >= 0.6 is 0 Å². The summed E-state index contributed by atoms with van der Waals surface area (Å²) >= 11 is 0. The van der Waals surface area contributed by atoms with Gasteiger partial charge in [-0.25, -0.2) is 8.42 Å². The van der Waals surface area contributed by atoms with Crippen molar-refractivity contribution in [3.05, 3.63) is 0 Å². The maximum absolute atomic E-state index is 12.1. The molecule has 0 aliphatic carbocycles. The number of rotatable bonds is 7. The molecule has 0 saturated carbocycles. The van der Waals surface area contributed by atoms with Crippen LogP contribution in [0.1, 0.15) is 39.5 Å². The van der Waals surface area contributed by atoms with Crippen LogP contribution < -0.4 is 0 Å². The van der Waals surface area contributed by atoms with E-state index in [4.69, 9.17) is 4.74 Å². The monoisotopic (exact) mass is 291 g/mol. The Kier molecular flexibility index (Phi) is 5.93. The van der Waals surface area contributed by atoms with Gasteiger partial charge in [-0.05, 0) is 26.7 Å². The first-order valence-electron chi connectivity index (χ1n) is 6.51. The first kappa shape index (κ1) is 16.1. The molecule has 0 aromatic carbocycles. The molecule has 1 rings (SSSR count). The highest BCUT2D eigenvalue weighted by Gasteiger charge is 2.34. The Morgan fingerprint density at radius 1 is 1.37 bits per heavy atom. The molecule has 1 aliphatic heterocycles. The van der Waals surface area contributed by atoms with E-state index in [0.717, 1.165) is 6.42 Å². The fourth-order valence-electron chi connectivity index (χ4n) is 2.27. The van der Waals surface area contributed by atoms with Crippen molar-refractivity contribution in [1.82, 2.24) is 4.31 Å². The lowest BCUT2D eigenvalue weighted by Crippen LogP contribution is -2.38. The number of sulfonamides is 1. The van der Waals surface area contributed by atoms with Crippen molar-refractivity contribution >= 4 is 21.8 Å². The van der Waals surface area contributed by atoms with Crippen LogP contribution in [-0.4, -0.2) is 49.4 Å². The van der Waals surface area contributed by atoms with Crippen molar-refractivity contribution in [3.8, 4) is 0 Å². The number of hydrogen-bond acceptors (Lipinski definition) is 5. The Hall–Kier alpha value is -0.950. The van der Waals surface area contributed by atoms with Crippen molar-refractivity contribution in [2.75, 3.05) is 18.9 Å². The predicted octanol–water partition coefficient (Wildman–Crippen LogP) is 0.713. The van der Waals surface area contributed by atoms with Crippen molar-refractivity contribution in [3.63, 3.8) is 0 Å². The fourth-order valence-corrected chi connectivity index (χ4v) is 3.97. The molecule has 110 valence electrons. The summed E-state index contributed by atoms with van der Waals surface area (Å²) in [6.07, 6.45) is 1.58. The number of ether oxygens (including phenoxy) is 1. The molecular weight excluding hydrogens is 270 g/mol. The van der Waals surface area contributed by atoms with E-state index >= 15 is 0 Å². The Bertz CT molecular complexity index is 431. The van der Waals surface area contributed by atoms with Gasteiger partial charge in [-0.2, -0.15) is 4.31 Å². The second-order valence-corrected chi connectivity index (χ2v) is 6.73. The average molecular weight is 291 g/mol. The number of esters is 1. The van der Waals surface area contributed by atoms with Crippen molar-refractivity contribution in [1.29, 1.82) is 0 Å². The maximum atomic E-state index is 12.1. The standard InChI is InChI=1S/C12H21NO5S/c1-3-18-12(15)6-8-19(16,17)13-7-4-5-11(13)9-10(2)14/h11H,3-9H2,1-2H3. The number of ketones is 1. The van der Waals surface area contributed by atoms with E-state index in [0.29, 0.717) is 13.0 Å². The van der Waals surface area contributed by atoms with Gasteiger partial charge in [-0.3, -0.25) is 9.59 Å². The van der Waals surface area contributed by atoms with Crippen molar-refractivity contribution in [2.45, 2.75) is 45.6 Å². The summed E-state index contributed by atoms with van der Waals surface area (Å²) in [5, 5.41) is 0. The first-order valence-corrected chi connectivity index (χ1v) is 8.12. The summed E-state index contributed by atoms with van der Waals surface area (Å²) < 4.78 is 30.4. The smallest absolute Gasteiger partial charge is 0.306 e. The minimum absolute atomic E-state index is 0.0162. The molecule has 0 spiro atoms. The van der Waals surface area contributed by atoms with Crippen molar-refractivity contribution < 1.29 is 22.7 Å². The van der Waals surface area contributed by atoms with Crippen LogP contribution in [0.3, 0.4) is 0 Å². The van der Waals surface area contributed by atoms with Crippen LogP contribution in [-0.2, 0) is 24.3 Å². The van der Waals surface area contributed by atoms with E-state index in [2.05, 4.69) is 0 Å². The summed E-state index contributed by atoms with van der Waals surface area (Å²) in [5.41, 5.74) is 0. The molecule has 6 nitrogen and oxygen atoms in total. The highest BCUT2D eigenvalue weighted by atomic mass is 32.2. The lowest BCUT2D eigenvalue weighted by atomic mass is 10.1. The van der Waals surface area contributed by atoms with E-state index in [-0.39, 0.29) is 37.0 Å². The zero-order chi connectivity index (χ0) is 14.5. The summed E-state index contributed by atoms with van der Waals surface area (Å²) in [4.78, 5) is 22.3. The molecule has 1 fully saturated rings. The van der Waals surface area contributed by atoms with Gasteiger partial charge in [-0.1, -0.05) is 0 Å². The molecule has 7 heteroatoms. The van der Waals surface area contributed by atoms with Gasteiger partial charge in [0.1, 0.15) is 5.78 Å². The zero-order valence-electron chi connectivity index (χ0n) is 11.4. The molecule has 1 saturated heterocycles. The largest absolute Gasteiger partial charge is 0.466 e. The molecule has 0 aromatic rings. The molecule has 0 bridgehead atoms. The van der Waals surface area contributed by atoms with Crippen LogP contribution in [0, 0.1) is 0 Å². The summed E-state index contributed by atoms with van der Waals surface area (Å²) in [6.45, 7) is 3.82. The Labute approximate surface area is 114 Å². The van der Waals surface area contributed by atoms with Crippen LogP contribution in [0.4, 0.5) is 0 Å². The first-order chi connectivity index (χ1) is 8.86. The topological polar surface area (TPSA) is 80.8 Å². The van der Waals surface area contributed by atoms with Crippen LogP contribution in [0.15, 0.2) is 0 Å². The molecule has 1 atom stereocenters. The Morgan fingerprint density at radius 2 is 2.05 bits per heavy atom. The van der Waals surface area contributed by atoms with E-state index in [1.807, 2.05) is 0 Å². The van der Waals surface area contributed by atoms with E-state index in [1.54, 1.807) is 6.92 Å². The minimum Gasteiger partial charge on any atom is -0.466 e. The van der Waals surface area contributed by atoms with Crippen LogP contribution in [0.5, 0.6) is 0 Å². The summed E-state index contributed by atoms with van der Waals surface area (Å²) in [6, 6.07) is -0.246. The summed E-state index contributed by atoms with van der Waals surface area (Å²) in [5.74, 6) is -0.772. The van der Waals surface area contributed by atoms with Gasteiger partial charge in [0.15, 0.2) is 0 Å². The highest BCUT2D eigenvalue weighted by molar-refractivity contribution is 7.89. The van der Waals surface area contributed by atoms with Gasteiger partial charge in [0, 0.05) is 19.0 Å². The molecule has 1 heterocycles. The van der Waals surface area contributed by atoms with Gasteiger partial charge in [0.25, 0.3) is 0 Å². The van der Waals surface area contributed by atoms with Gasteiger partial charge >= 0.3 is 5.97 Å². The molecule has 1 unspecified atom stereocenters. The second-order valence-electron chi connectivity index (χ2n) is 4.68. The summed E-state index contributed by atoms with van der Waals surface area (Å²) in [7, 11) is -3.49. The number of Topliss-reactive ketones (excluding diaryl/α,β-unsaturated/α-hetero) is 1. The molecule has 0 aromatic heterocycles. The van der Waals surface area contributed by atoms with E-state index < -0.39 is 16.0 Å². The quantitative estimate of drug-likeness (QED) is 0.645. The minimum atomic E-state index is -3.49. The van der Waals surface area contributed by atoms with Crippen molar-refractivity contribution in [2.24, 2.45) is 0 Å². The van der Waals surface area contributed by atoms with Gasteiger partial charge in [-0.15, -0.1) is 0 Å². The Morgan fingerprint density at radius 3 is 2.63 bits per heavy atom. The van der Waals surface area contributed by atoms with Crippen LogP contribution in [0.2, 0.25) is 0 Å². The van der Waals surface area contributed by atoms with E-state index in [9.17, 15) is 18.0 Å². The van der Waals surface area contributed by atoms with E-state index in [1.165, 1.54) is 11.2 Å². The van der Waals surface area contributed by atoms with Gasteiger partial charge in [0.2, 0.25) is 10.0 Å². The zero-order valence-corrected chi connectivity index (χ0v) is 12.2. The normalized spacial score (nSPS) is 20.4. The lowest BCUT2D eigenvalue weighted by molar-refractivity contribution is -0.142. The third kappa shape index (κ3) is 4.91. The molecule has 19 heavy (non-hydrogen) atoms. The number of nitrogens with zero attached hydrogens (tertiary/aromatic N) is 1. The number of carbonyl (C=O) groups is 2. The number of carbonyl (C=O) groups excluding carboxylic acids is 2. The molecule has 1 aliphatic rings. The average Bonchev–Trinajstić information content (AvgIpc) is 2.75. The predicted molar refractivity (Wildman–Crippen MR) is 70.1 cm³/mol. The molecule has 0 amide bonds. The van der Waals surface area contributed by atoms with Gasteiger partial charge in [0.05, 0.1) is 18.8 Å². The second kappa shape index (κ2) is 7.00. The third-order valence-electron chi connectivity index (χ3n) is 3.07. The lowest BCUT2D eigenvalue weighted by Gasteiger charge is -2.23. The highest BCUT2D eigenvalue weighted by Crippen LogP contribution is 2.24. The molecule has 0 N–H and O–H groups in total. The molecular formula is C12H21NO5S. The van der Waals surface area contributed by atoms with Gasteiger partial charge < -0.3 is 4.74 Å².